The molecule has 0 fully saturated rings. The van der Waals surface area contributed by atoms with E-state index in [1.807, 2.05) is 18.7 Å². The predicted octanol–water partition coefficient (Wildman–Crippen LogP) is 14.7. The van der Waals surface area contributed by atoms with Crippen LogP contribution in [0.3, 0.4) is 0 Å². The maximum atomic E-state index is 14.8. The van der Waals surface area contributed by atoms with Crippen molar-refractivity contribution in [3.8, 4) is 22.3 Å². The average molecular weight is 1370 g/mol. The van der Waals surface area contributed by atoms with Crippen molar-refractivity contribution in [1.82, 2.24) is 38.7 Å². The highest BCUT2D eigenvalue weighted by Crippen LogP contribution is 2.36. The van der Waals surface area contributed by atoms with E-state index in [1.54, 1.807) is 35.4 Å². The molecule has 502 valence electrons. The molecule has 0 aliphatic heterocycles. The van der Waals surface area contributed by atoms with Crippen LogP contribution in [0.1, 0.15) is 131 Å². The van der Waals surface area contributed by atoms with Crippen LogP contribution in [0.25, 0.3) is 22.3 Å². The number of carbonyl (C=O) groups excluding carboxylic acids is 2. The minimum Gasteiger partial charge on any atom is -0.336 e. The van der Waals surface area contributed by atoms with Gasteiger partial charge in [-0.3, -0.25) is 19.2 Å². The Hall–Kier alpha value is -7.92. The second kappa shape index (κ2) is 32.7. The summed E-state index contributed by atoms with van der Waals surface area (Å²) < 4.78 is 292. The third-order valence-corrected chi connectivity index (χ3v) is 17.4. The summed E-state index contributed by atoms with van der Waals surface area (Å²) >= 11 is 1.62. The van der Waals surface area contributed by atoms with Crippen LogP contribution in [0.4, 0.5) is 35.1 Å². The molecule has 0 saturated heterocycles. The van der Waals surface area contributed by atoms with Crippen molar-refractivity contribution in [3.63, 3.8) is 0 Å². The monoisotopic (exact) mass is 1370 g/mol. The number of hydrogen-bond acceptors (Lipinski definition) is 10. The number of aromatic nitrogens is 4. The molecule has 0 unspecified atom stereocenters. The smallest absolute Gasteiger partial charge is 0.336 e. The fraction of sp³-hybridized carbons (Fsp3) is 0.370. The van der Waals surface area contributed by atoms with Gasteiger partial charge in [0.2, 0.25) is 11.8 Å². The number of likely N-dealkylation sites (N-methyl/N-ethyl adjacent to an activating group) is 2. The number of thioether (sulfide) groups is 2. The molecule has 8 aromatic rings. The van der Waals surface area contributed by atoms with Gasteiger partial charge < -0.3 is 28.7 Å². The Balaban J connectivity index is 0.000000269. The van der Waals surface area contributed by atoms with Crippen molar-refractivity contribution in [3.05, 3.63) is 233 Å². The lowest BCUT2D eigenvalue weighted by molar-refractivity contribution is -0.138. The summed E-state index contributed by atoms with van der Waals surface area (Å²) in [5, 5.41) is -0.375. The quantitative estimate of drug-likeness (QED) is 0.0295. The summed E-state index contributed by atoms with van der Waals surface area (Å²) in [5.74, 6) is -4.07. The van der Waals surface area contributed by atoms with E-state index in [4.69, 9.17) is 23.3 Å². The predicted molar refractivity (Wildman–Crippen MR) is 358 cm³/mol. The second-order valence-corrected chi connectivity index (χ2v) is 23.3. The lowest BCUT2D eigenvalue weighted by Crippen LogP contribution is -2.40. The highest BCUT2D eigenvalue weighted by atomic mass is 32.2. The van der Waals surface area contributed by atoms with Crippen LogP contribution in [0.2, 0.25) is 0 Å². The number of amides is 2. The highest BCUT2D eigenvalue weighted by Gasteiger charge is 2.33. The van der Waals surface area contributed by atoms with Crippen LogP contribution in [0.5, 0.6) is 0 Å². The Morgan fingerprint density at radius 1 is 0.547 bits per heavy atom. The minimum absolute atomic E-state index is 0.00893. The fourth-order valence-electron chi connectivity index (χ4n) is 10.1. The van der Waals surface area contributed by atoms with E-state index in [2.05, 4.69) is 9.97 Å². The van der Waals surface area contributed by atoms with Crippen LogP contribution in [-0.2, 0) is 85.1 Å². The summed E-state index contributed by atoms with van der Waals surface area (Å²) in [6.45, 7) is 2.72. The molecule has 22 heteroatoms. The molecule has 2 amide bonds. The highest BCUT2D eigenvalue weighted by molar-refractivity contribution is 7.98. The number of benzene rings is 6. The molecule has 0 radical (unpaired) electrons. The van der Waals surface area contributed by atoms with Gasteiger partial charge in [0.25, 0.3) is 11.1 Å². The third-order valence-electron chi connectivity index (χ3n) is 15.3. The van der Waals surface area contributed by atoms with Crippen LogP contribution in [0, 0.1) is 18.6 Å². The van der Waals surface area contributed by atoms with E-state index >= 15 is 0 Å². The average Bonchev–Trinajstić information content (AvgIpc) is 1.52. The van der Waals surface area contributed by atoms with Crippen LogP contribution >= 0.6 is 23.5 Å². The van der Waals surface area contributed by atoms with E-state index in [-0.39, 0.29) is 40.9 Å². The Morgan fingerprint density at radius 3 is 1.59 bits per heavy atom. The standard InChI is InChI=1S/C37H40F4N4O2S.C36H38F4N4O2S/c1-4-43(5-2)19-20-44(22-26-9-13-28(14-10-26)29-15-18-32(25(3)21-29)37(39,40)41)34(46)23-45-33-8-6-7-31(33)35(47)42-36(45)48-24-27-11-16-30(38)17-12-27;1-3-42(4-2)20-21-43(22-25-8-12-27(13-9-25)28-14-16-29(17-15-28)36(38,39)40)33(45)23-44-32-7-5-6-31(32)34(46)41-35(44)47-24-26-10-18-30(37)19-11-26/h9-18,21H,4-8,19-20,22-24H2,1-3H3;8-19H,3-7,20-24H2,1-2H3/i6D2,7D2,8D2,9D,10D,13D,14D,15D,18D,21D,22D2;10D,11D,18D,19D,22D2. The zero-order valence-electron chi connectivity index (χ0n) is 73.1. The summed E-state index contributed by atoms with van der Waals surface area (Å²) in [5.41, 5.74) is -7.32. The summed E-state index contributed by atoms with van der Waals surface area (Å²) in [6.07, 6.45) is -18.2. The van der Waals surface area contributed by atoms with Crippen LogP contribution in [0.15, 0.2) is 159 Å². The first-order chi connectivity index (χ1) is 53.9. The number of halogens is 8. The lowest BCUT2D eigenvalue weighted by Gasteiger charge is -2.28. The molecular weight excluding hydrogens is 1270 g/mol. The number of fused-ring (bicyclic) bond motifs is 2. The third kappa shape index (κ3) is 19.0. The summed E-state index contributed by atoms with van der Waals surface area (Å²) in [6, 6.07) is 4.76. The molecule has 2 aromatic heterocycles. The molecule has 0 N–H and O–H groups in total. The second-order valence-electron chi connectivity index (χ2n) is 21.5. The number of hydrogen-bond donors (Lipinski definition) is 0. The molecule has 2 heterocycles. The van der Waals surface area contributed by atoms with Crippen molar-refractivity contribution >= 4 is 35.3 Å². The molecule has 95 heavy (non-hydrogen) atoms. The van der Waals surface area contributed by atoms with Gasteiger partial charge in [-0.25, -0.2) is 8.78 Å². The number of nitrogens with zero attached hydrogens (tertiary/aromatic N) is 8. The molecule has 0 atom stereocenters. The van der Waals surface area contributed by atoms with Crippen LogP contribution in [-0.4, -0.2) is 103 Å². The van der Waals surface area contributed by atoms with Gasteiger partial charge in [-0.1, -0.05) is 148 Å². The lowest BCUT2D eigenvalue weighted by atomic mass is 9.98. The minimum atomic E-state index is -5.17. The van der Waals surface area contributed by atoms with Crippen molar-refractivity contribution in [2.75, 3.05) is 52.4 Å². The van der Waals surface area contributed by atoms with E-state index in [1.165, 1.54) is 36.4 Å². The number of carbonyl (C=O) groups is 2. The number of rotatable bonds is 26. The van der Waals surface area contributed by atoms with Crippen molar-refractivity contribution in [1.29, 1.82) is 0 Å². The van der Waals surface area contributed by atoms with Gasteiger partial charge in [0.05, 0.1) is 31.7 Å². The molecule has 0 bridgehead atoms. The zero-order chi connectivity index (χ0) is 86.5. The summed E-state index contributed by atoms with van der Waals surface area (Å²) in [7, 11) is 0. The largest absolute Gasteiger partial charge is 0.416 e. The first kappa shape index (κ1) is 47.9. The topological polar surface area (TPSA) is 117 Å². The van der Waals surface area contributed by atoms with Gasteiger partial charge in [0, 0.05) is 81.4 Å². The maximum Gasteiger partial charge on any atom is 0.416 e. The molecular formula is C73H78F8N8O4S2. The molecule has 12 nitrogen and oxygen atoms in total. The molecule has 6 aromatic carbocycles. The van der Waals surface area contributed by atoms with Gasteiger partial charge in [0.1, 0.15) is 24.7 Å². The van der Waals surface area contributed by atoms with Gasteiger partial charge in [-0.2, -0.15) is 36.3 Å². The van der Waals surface area contributed by atoms with Crippen molar-refractivity contribution in [2.24, 2.45) is 0 Å². The van der Waals surface area contributed by atoms with Gasteiger partial charge in [0.15, 0.2) is 10.3 Å². The Bertz CT molecular complexity index is 5130. The van der Waals surface area contributed by atoms with E-state index in [0.29, 0.717) is 96.6 Å². The molecule has 2 aliphatic rings. The Morgan fingerprint density at radius 2 is 1.04 bits per heavy atom. The van der Waals surface area contributed by atoms with Crippen molar-refractivity contribution < 1.29 is 73.5 Å². The Kier molecular flexibility index (Phi) is 16.5. The first-order valence-corrected chi connectivity index (χ1v) is 32.0. The first-order valence-electron chi connectivity index (χ1n) is 40.6. The van der Waals surface area contributed by atoms with Crippen LogP contribution < -0.4 is 11.1 Å². The fourth-order valence-corrected chi connectivity index (χ4v) is 11.9. The molecule has 0 spiro atoms. The van der Waals surface area contributed by atoms with E-state index < -0.39 is 215 Å². The van der Waals surface area contributed by atoms with E-state index in [9.17, 15) is 59.8 Å². The van der Waals surface area contributed by atoms with E-state index in [0.717, 1.165) is 52.4 Å². The zero-order valence-corrected chi connectivity index (χ0v) is 53.7. The van der Waals surface area contributed by atoms with Crippen molar-refractivity contribution in [2.45, 2.75) is 133 Å². The number of alkyl halides is 6. The molecule has 10 rings (SSSR count). The molecule has 0 saturated carbocycles. The van der Waals surface area contributed by atoms with Gasteiger partial charge in [-0.05, 0) is 164 Å². The maximum absolute atomic E-state index is 14.8. The van der Waals surface area contributed by atoms with Gasteiger partial charge >= 0.3 is 12.4 Å². The summed E-state index contributed by atoms with van der Waals surface area (Å²) in [4.78, 5) is 69.2. The SMILES string of the molecule is [2H]c1c([2H])c(C([2H])([2H])N(CCN(CC)CC)C(=O)Cn2c(SCc3ccc(F)cc3)nc(=O)c3c2C([2H])([2H])C([2H])([2H])C3([2H])[2H])c([2H])c([2H])c1-c1c([2H])c([2H])c(C(F)(F)F)c(C)c1[2H].[2H]c1c([2H])c(CSc2nc(=O)c3c(n2CC(=O)N(CCN(CC)CC)C([2H])([2H])c2ccc(-c4ccc(C(F)(F)F)cc4)cc2)CCC3)c([2H])c([2H])c1F. The normalized spacial score (nSPS) is 17.9. The Labute approximate surface area is 586 Å². The van der Waals surface area contributed by atoms with Gasteiger partial charge in [-0.15, -0.1) is 0 Å². The molecule has 2 aliphatic carbocycles.